The zero-order valence-corrected chi connectivity index (χ0v) is 17.9. The Hall–Kier alpha value is -4.08. The highest BCUT2D eigenvalue weighted by Gasteiger charge is 2.10. The summed E-state index contributed by atoms with van der Waals surface area (Å²) in [6, 6.07) is 20.4. The van der Waals surface area contributed by atoms with Gasteiger partial charge in [-0.15, -0.1) is 0 Å². The second kappa shape index (κ2) is 10.8. The number of benzene rings is 3. The molecular weight excluding hydrogens is 428 g/mol. The normalized spacial score (nSPS) is 10.4. The number of allylic oxidation sites excluding steroid dienone is 1. The number of nitrogens with zero attached hydrogens (tertiary/aromatic N) is 1. The van der Waals surface area contributed by atoms with Crippen LogP contribution in [0.4, 0.5) is 5.69 Å². The molecule has 1 N–H and O–H groups in total. The molecule has 6 nitrogen and oxygen atoms in total. The van der Waals surface area contributed by atoms with Crippen molar-refractivity contribution in [3.63, 3.8) is 0 Å². The number of anilines is 1. The first-order chi connectivity index (χ1) is 15.5. The first kappa shape index (κ1) is 22.6. The summed E-state index contributed by atoms with van der Waals surface area (Å²) >= 11 is 6.04. The molecule has 0 aliphatic heterocycles. The van der Waals surface area contributed by atoms with Gasteiger partial charge in [-0.05, 0) is 60.2 Å². The summed E-state index contributed by atoms with van der Waals surface area (Å²) in [5.74, 6) is 0.253. The van der Waals surface area contributed by atoms with Crippen molar-refractivity contribution in [1.29, 1.82) is 5.26 Å². The Kier molecular flexibility index (Phi) is 7.63. The molecule has 0 radical (unpaired) electrons. The topological polar surface area (TPSA) is 88.4 Å². The van der Waals surface area contributed by atoms with E-state index in [0.29, 0.717) is 33.3 Å². The van der Waals surface area contributed by atoms with Gasteiger partial charge in [-0.1, -0.05) is 35.9 Å². The molecule has 160 valence electrons. The van der Waals surface area contributed by atoms with Gasteiger partial charge in [-0.2, -0.15) is 5.26 Å². The lowest BCUT2D eigenvalue weighted by molar-refractivity contribution is -0.118. The van der Waals surface area contributed by atoms with E-state index in [2.05, 4.69) is 5.32 Å². The summed E-state index contributed by atoms with van der Waals surface area (Å²) in [6.07, 6.45) is 3.09. The number of ether oxygens (including phenoxy) is 2. The average Bonchev–Trinajstić information content (AvgIpc) is 2.83. The summed E-state index contributed by atoms with van der Waals surface area (Å²) in [5, 5.41) is 12.0. The fourth-order valence-electron chi connectivity index (χ4n) is 2.78. The van der Waals surface area contributed by atoms with Gasteiger partial charge in [-0.3, -0.25) is 9.59 Å². The minimum atomic E-state index is -0.364. The third-order valence-corrected chi connectivity index (χ3v) is 4.75. The van der Waals surface area contributed by atoms with E-state index < -0.39 is 0 Å². The maximum Gasteiger partial charge on any atom is 0.262 e. The molecular formula is C25H19ClN2O4. The van der Waals surface area contributed by atoms with Crippen LogP contribution in [0.5, 0.6) is 11.5 Å². The Morgan fingerprint density at radius 3 is 2.50 bits per heavy atom. The molecule has 0 atom stereocenters. The second-order valence-electron chi connectivity index (χ2n) is 6.61. The van der Waals surface area contributed by atoms with Crippen LogP contribution in [0, 0.1) is 11.3 Å². The number of ketones is 1. The van der Waals surface area contributed by atoms with Gasteiger partial charge in [-0.25, -0.2) is 0 Å². The van der Waals surface area contributed by atoms with Crippen LogP contribution >= 0.6 is 11.6 Å². The smallest absolute Gasteiger partial charge is 0.262 e. The summed E-state index contributed by atoms with van der Waals surface area (Å²) in [6.45, 7) is -0.228. The molecule has 0 aliphatic carbocycles. The van der Waals surface area contributed by atoms with E-state index in [-0.39, 0.29) is 18.3 Å². The standard InChI is InChI=1S/C25H19ClN2O4/c1-31-24-14-17(8-12-22(29)19-10-6-18(15-27)7-11-19)9-13-23(24)32-16-25(30)28-21-5-3-2-4-20(21)26/h2-14H,16H2,1H3,(H,28,30)/b12-8+. The van der Waals surface area contributed by atoms with Crippen LogP contribution in [0.25, 0.3) is 6.08 Å². The molecule has 0 spiro atoms. The molecule has 1 amide bonds. The minimum absolute atomic E-state index is 0.190. The first-order valence-corrected chi connectivity index (χ1v) is 9.95. The Labute approximate surface area is 190 Å². The van der Waals surface area contributed by atoms with Crippen molar-refractivity contribution in [2.24, 2.45) is 0 Å². The largest absolute Gasteiger partial charge is 0.493 e. The van der Waals surface area contributed by atoms with Crippen molar-refractivity contribution >= 4 is 35.1 Å². The molecule has 3 rings (SSSR count). The van der Waals surface area contributed by atoms with Gasteiger partial charge in [0, 0.05) is 5.56 Å². The molecule has 0 saturated carbocycles. The summed E-state index contributed by atoms with van der Waals surface area (Å²) in [7, 11) is 1.49. The fraction of sp³-hybridized carbons (Fsp3) is 0.0800. The van der Waals surface area contributed by atoms with E-state index in [4.69, 9.17) is 26.3 Å². The number of rotatable bonds is 8. The zero-order valence-electron chi connectivity index (χ0n) is 17.2. The molecule has 3 aromatic carbocycles. The highest BCUT2D eigenvalue weighted by molar-refractivity contribution is 6.33. The van der Waals surface area contributed by atoms with Gasteiger partial charge in [0.1, 0.15) is 0 Å². The summed E-state index contributed by atoms with van der Waals surface area (Å²) in [4.78, 5) is 24.5. The van der Waals surface area contributed by atoms with Crippen LogP contribution in [0.3, 0.4) is 0 Å². The predicted octanol–water partition coefficient (Wildman–Crippen LogP) is 5.13. The van der Waals surface area contributed by atoms with E-state index in [1.165, 1.54) is 13.2 Å². The number of nitrogens with one attached hydrogen (secondary N) is 1. The molecule has 3 aromatic rings. The lowest BCUT2D eigenvalue weighted by Crippen LogP contribution is -2.20. The third-order valence-electron chi connectivity index (χ3n) is 4.42. The predicted molar refractivity (Wildman–Crippen MR) is 123 cm³/mol. The van der Waals surface area contributed by atoms with Gasteiger partial charge in [0.15, 0.2) is 23.9 Å². The van der Waals surface area contributed by atoms with Gasteiger partial charge in [0.25, 0.3) is 5.91 Å². The molecule has 0 bridgehead atoms. The summed E-state index contributed by atoms with van der Waals surface area (Å²) < 4.78 is 10.9. The van der Waals surface area contributed by atoms with E-state index in [1.54, 1.807) is 72.8 Å². The van der Waals surface area contributed by atoms with Crippen LogP contribution in [0.1, 0.15) is 21.5 Å². The van der Waals surface area contributed by atoms with E-state index in [0.717, 1.165) is 5.56 Å². The number of amides is 1. The SMILES string of the molecule is COc1cc(/C=C/C(=O)c2ccc(C#N)cc2)ccc1OCC(=O)Nc1ccccc1Cl. The number of carbonyl (C=O) groups is 2. The molecule has 0 heterocycles. The zero-order chi connectivity index (χ0) is 22.9. The number of hydrogen-bond donors (Lipinski definition) is 1. The van der Waals surface area contributed by atoms with Crippen molar-refractivity contribution in [3.8, 4) is 17.6 Å². The molecule has 32 heavy (non-hydrogen) atoms. The minimum Gasteiger partial charge on any atom is -0.493 e. The van der Waals surface area contributed by atoms with Crippen LogP contribution in [-0.2, 0) is 4.79 Å². The molecule has 0 unspecified atom stereocenters. The van der Waals surface area contributed by atoms with Gasteiger partial charge < -0.3 is 14.8 Å². The maximum absolute atomic E-state index is 12.3. The van der Waals surface area contributed by atoms with Gasteiger partial charge in [0.05, 0.1) is 29.5 Å². The van der Waals surface area contributed by atoms with Crippen molar-refractivity contribution in [2.45, 2.75) is 0 Å². The van der Waals surface area contributed by atoms with Crippen molar-refractivity contribution < 1.29 is 19.1 Å². The lowest BCUT2D eigenvalue weighted by atomic mass is 10.1. The Morgan fingerprint density at radius 1 is 1.06 bits per heavy atom. The quantitative estimate of drug-likeness (QED) is 0.382. The van der Waals surface area contributed by atoms with Crippen molar-refractivity contribution in [2.75, 3.05) is 19.0 Å². The summed E-state index contributed by atoms with van der Waals surface area (Å²) in [5.41, 5.74) is 2.20. The monoisotopic (exact) mass is 446 g/mol. The molecule has 0 aromatic heterocycles. The Balaban J connectivity index is 1.63. The van der Waals surface area contributed by atoms with E-state index >= 15 is 0 Å². The van der Waals surface area contributed by atoms with Crippen molar-refractivity contribution in [3.05, 3.63) is 94.5 Å². The highest BCUT2D eigenvalue weighted by Crippen LogP contribution is 2.29. The van der Waals surface area contributed by atoms with Crippen LogP contribution in [0.15, 0.2) is 72.8 Å². The van der Waals surface area contributed by atoms with E-state index in [1.807, 2.05) is 6.07 Å². The molecule has 0 saturated heterocycles. The molecule has 7 heteroatoms. The fourth-order valence-corrected chi connectivity index (χ4v) is 2.96. The van der Waals surface area contributed by atoms with Crippen LogP contribution in [0.2, 0.25) is 5.02 Å². The second-order valence-corrected chi connectivity index (χ2v) is 7.02. The van der Waals surface area contributed by atoms with Crippen LogP contribution in [-0.4, -0.2) is 25.4 Å². The van der Waals surface area contributed by atoms with Crippen molar-refractivity contribution in [1.82, 2.24) is 0 Å². The Bertz CT molecular complexity index is 1200. The van der Waals surface area contributed by atoms with Gasteiger partial charge in [0.2, 0.25) is 0 Å². The molecule has 0 aliphatic rings. The lowest BCUT2D eigenvalue weighted by Gasteiger charge is -2.12. The number of methoxy groups -OCH3 is 1. The number of carbonyl (C=O) groups excluding carboxylic acids is 2. The number of halogens is 1. The number of nitriles is 1. The maximum atomic E-state index is 12.3. The number of para-hydroxylation sites is 1. The first-order valence-electron chi connectivity index (χ1n) is 9.58. The number of hydrogen-bond acceptors (Lipinski definition) is 5. The molecule has 0 fully saturated rings. The third kappa shape index (κ3) is 5.97. The van der Waals surface area contributed by atoms with E-state index in [9.17, 15) is 9.59 Å². The average molecular weight is 447 g/mol. The Morgan fingerprint density at radius 2 is 1.81 bits per heavy atom. The highest BCUT2D eigenvalue weighted by atomic mass is 35.5. The van der Waals surface area contributed by atoms with Crippen LogP contribution < -0.4 is 14.8 Å². The van der Waals surface area contributed by atoms with Gasteiger partial charge >= 0.3 is 0 Å².